The minimum atomic E-state index is 0.174. The molecule has 1 atom stereocenters. The first-order valence-electron chi connectivity index (χ1n) is 6.77. The Bertz CT molecular complexity index is 459. The van der Waals surface area contributed by atoms with Crippen molar-refractivity contribution in [1.82, 2.24) is 5.32 Å². The van der Waals surface area contributed by atoms with Crippen LogP contribution in [0.5, 0.6) is 0 Å². The number of hydrogen-bond acceptors (Lipinski definition) is 2. The summed E-state index contributed by atoms with van der Waals surface area (Å²) in [6.45, 7) is 1.55. The maximum Gasteiger partial charge on any atom is 0.0551 e. The number of nitrogens with two attached hydrogens (primary N) is 1. The van der Waals surface area contributed by atoms with Gasteiger partial charge in [0.2, 0.25) is 0 Å². The second kappa shape index (κ2) is 7.44. The molecule has 0 heterocycles. The van der Waals surface area contributed by atoms with E-state index in [4.69, 9.17) is 17.3 Å². The van der Waals surface area contributed by atoms with Crippen molar-refractivity contribution in [3.05, 3.63) is 44.9 Å². The van der Waals surface area contributed by atoms with Gasteiger partial charge in [-0.1, -0.05) is 29.3 Å². The van der Waals surface area contributed by atoms with Crippen molar-refractivity contribution >= 4 is 27.5 Å². The number of rotatable bonds is 6. The third kappa shape index (κ3) is 4.32. The molecular weight excluding hydrogens is 324 g/mol. The second-order valence-corrected chi connectivity index (χ2v) is 6.18. The minimum absolute atomic E-state index is 0.174. The Labute approximate surface area is 128 Å². The molecule has 0 fully saturated rings. The molecule has 104 valence electrons. The Hall–Kier alpha value is -0.350. The zero-order chi connectivity index (χ0) is 13.7. The van der Waals surface area contributed by atoms with Crippen molar-refractivity contribution in [2.75, 3.05) is 13.1 Å². The fourth-order valence-electron chi connectivity index (χ4n) is 2.44. The van der Waals surface area contributed by atoms with Gasteiger partial charge in [-0.3, -0.25) is 0 Å². The van der Waals surface area contributed by atoms with Gasteiger partial charge >= 0.3 is 0 Å². The van der Waals surface area contributed by atoms with Crippen LogP contribution in [0.25, 0.3) is 0 Å². The van der Waals surface area contributed by atoms with Crippen molar-refractivity contribution in [3.8, 4) is 0 Å². The van der Waals surface area contributed by atoms with E-state index in [1.807, 2.05) is 12.1 Å². The SMILES string of the molecule is NCC(NCCC1=CCCC1)c1ccc(Br)c(Cl)c1. The lowest BCUT2D eigenvalue weighted by Gasteiger charge is -2.18. The normalized spacial score (nSPS) is 16.5. The molecule has 0 saturated carbocycles. The predicted molar refractivity (Wildman–Crippen MR) is 85.5 cm³/mol. The van der Waals surface area contributed by atoms with Crippen LogP contribution in [-0.4, -0.2) is 13.1 Å². The summed E-state index contributed by atoms with van der Waals surface area (Å²) in [6.07, 6.45) is 7.32. The minimum Gasteiger partial charge on any atom is -0.329 e. The van der Waals surface area contributed by atoms with E-state index >= 15 is 0 Å². The van der Waals surface area contributed by atoms with Gasteiger partial charge in [0.15, 0.2) is 0 Å². The van der Waals surface area contributed by atoms with E-state index in [2.05, 4.69) is 33.4 Å². The fraction of sp³-hybridized carbons (Fsp3) is 0.467. The maximum absolute atomic E-state index is 6.13. The van der Waals surface area contributed by atoms with E-state index < -0.39 is 0 Å². The molecule has 0 radical (unpaired) electrons. The Morgan fingerprint density at radius 2 is 2.26 bits per heavy atom. The molecule has 1 aliphatic rings. The molecule has 1 aliphatic carbocycles. The average molecular weight is 344 g/mol. The molecule has 0 bridgehead atoms. The lowest BCUT2D eigenvalue weighted by atomic mass is 10.1. The lowest BCUT2D eigenvalue weighted by Crippen LogP contribution is -2.29. The zero-order valence-electron chi connectivity index (χ0n) is 11.0. The van der Waals surface area contributed by atoms with Gasteiger partial charge in [0.1, 0.15) is 0 Å². The predicted octanol–water partition coefficient (Wildman–Crippen LogP) is 4.19. The summed E-state index contributed by atoms with van der Waals surface area (Å²) in [5, 5.41) is 4.25. The van der Waals surface area contributed by atoms with Gasteiger partial charge in [0.25, 0.3) is 0 Å². The molecular formula is C15H20BrClN2. The summed E-state index contributed by atoms with van der Waals surface area (Å²) in [7, 11) is 0. The molecule has 0 aromatic heterocycles. The monoisotopic (exact) mass is 342 g/mol. The van der Waals surface area contributed by atoms with E-state index in [1.54, 1.807) is 5.57 Å². The van der Waals surface area contributed by atoms with Crippen LogP contribution in [0, 0.1) is 0 Å². The van der Waals surface area contributed by atoms with Crippen molar-refractivity contribution in [3.63, 3.8) is 0 Å². The van der Waals surface area contributed by atoms with Crippen molar-refractivity contribution in [1.29, 1.82) is 0 Å². The van der Waals surface area contributed by atoms with E-state index in [0.29, 0.717) is 6.54 Å². The van der Waals surface area contributed by atoms with Gasteiger partial charge in [-0.25, -0.2) is 0 Å². The Morgan fingerprint density at radius 1 is 1.42 bits per heavy atom. The number of nitrogens with one attached hydrogen (secondary N) is 1. The van der Waals surface area contributed by atoms with Crippen molar-refractivity contribution < 1.29 is 0 Å². The van der Waals surface area contributed by atoms with Gasteiger partial charge < -0.3 is 11.1 Å². The van der Waals surface area contributed by atoms with Crippen molar-refractivity contribution in [2.24, 2.45) is 5.73 Å². The van der Waals surface area contributed by atoms with Crippen LogP contribution in [0.1, 0.15) is 37.3 Å². The van der Waals surface area contributed by atoms with E-state index in [-0.39, 0.29) is 6.04 Å². The summed E-state index contributed by atoms with van der Waals surface area (Å²) in [5.74, 6) is 0. The van der Waals surface area contributed by atoms with Gasteiger partial charge in [0, 0.05) is 17.1 Å². The number of halogens is 2. The highest BCUT2D eigenvalue weighted by Gasteiger charge is 2.11. The summed E-state index contributed by atoms with van der Waals surface area (Å²) in [5.41, 5.74) is 8.59. The van der Waals surface area contributed by atoms with Crippen LogP contribution in [0.3, 0.4) is 0 Å². The summed E-state index contributed by atoms with van der Waals surface area (Å²) < 4.78 is 0.921. The highest BCUT2D eigenvalue weighted by Crippen LogP contribution is 2.26. The first-order valence-corrected chi connectivity index (χ1v) is 7.94. The molecule has 0 amide bonds. The summed E-state index contributed by atoms with van der Waals surface area (Å²) in [4.78, 5) is 0. The van der Waals surface area contributed by atoms with Gasteiger partial charge in [0.05, 0.1) is 5.02 Å². The zero-order valence-corrected chi connectivity index (χ0v) is 13.3. The molecule has 3 N–H and O–H groups in total. The molecule has 1 aromatic carbocycles. The lowest BCUT2D eigenvalue weighted by molar-refractivity contribution is 0.542. The average Bonchev–Trinajstić information content (AvgIpc) is 2.91. The summed E-state index contributed by atoms with van der Waals surface area (Å²) >= 11 is 9.53. The van der Waals surface area contributed by atoms with Gasteiger partial charge in [-0.15, -0.1) is 0 Å². The smallest absolute Gasteiger partial charge is 0.0551 e. The summed E-state index contributed by atoms with van der Waals surface area (Å²) in [6, 6.07) is 6.19. The van der Waals surface area contributed by atoms with E-state index in [1.165, 1.54) is 19.3 Å². The number of benzene rings is 1. The molecule has 4 heteroatoms. The number of hydrogen-bond donors (Lipinski definition) is 2. The van der Waals surface area contributed by atoms with Crippen LogP contribution < -0.4 is 11.1 Å². The Kier molecular flexibility index (Phi) is 5.89. The molecule has 1 aromatic rings. The molecule has 2 nitrogen and oxygen atoms in total. The molecule has 0 spiro atoms. The van der Waals surface area contributed by atoms with Crippen LogP contribution in [-0.2, 0) is 0 Å². The Morgan fingerprint density at radius 3 is 2.89 bits per heavy atom. The maximum atomic E-state index is 6.13. The molecule has 19 heavy (non-hydrogen) atoms. The Balaban J connectivity index is 1.89. The van der Waals surface area contributed by atoms with E-state index in [9.17, 15) is 0 Å². The molecule has 0 saturated heterocycles. The van der Waals surface area contributed by atoms with Crippen molar-refractivity contribution in [2.45, 2.75) is 31.7 Å². The van der Waals surface area contributed by atoms with Crippen LogP contribution in [0.4, 0.5) is 0 Å². The largest absolute Gasteiger partial charge is 0.329 e. The van der Waals surface area contributed by atoms with Crippen LogP contribution >= 0.6 is 27.5 Å². The fourth-order valence-corrected chi connectivity index (χ4v) is 2.87. The second-order valence-electron chi connectivity index (χ2n) is 4.92. The molecule has 2 rings (SSSR count). The molecule has 1 unspecified atom stereocenters. The highest BCUT2D eigenvalue weighted by molar-refractivity contribution is 9.10. The standard InChI is InChI=1S/C15H20BrClN2/c16-13-6-5-12(9-14(13)17)15(10-18)19-8-7-11-3-1-2-4-11/h3,5-6,9,15,19H,1-2,4,7-8,10,18H2. The third-order valence-corrected chi connectivity index (χ3v) is 4.79. The third-order valence-electron chi connectivity index (χ3n) is 3.55. The molecule has 0 aliphatic heterocycles. The quantitative estimate of drug-likeness (QED) is 0.760. The topological polar surface area (TPSA) is 38.0 Å². The van der Waals surface area contributed by atoms with Crippen LogP contribution in [0.2, 0.25) is 5.02 Å². The van der Waals surface area contributed by atoms with Gasteiger partial charge in [-0.05, 0) is 65.9 Å². The first kappa shape index (κ1) is 15.0. The van der Waals surface area contributed by atoms with E-state index in [0.717, 1.165) is 28.0 Å². The highest BCUT2D eigenvalue weighted by atomic mass is 79.9. The first-order chi connectivity index (χ1) is 9.20. The number of allylic oxidation sites excluding steroid dienone is 1. The van der Waals surface area contributed by atoms with Gasteiger partial charge in [-0.2, -0.15) is 0 Å². The van der Waals surface area contributed by atoms with Crippen LogP contribution in [0.15, 0.2) is 34.3 Å².